The Morgan fingerprint density at radius 1 is 1.22 bits per heavy atom. The molecule has 1 aliphatic carbocycles. The van der Waals surface area contributed by atoms with Gasteiger partial charge >= 0.3 is 0 Å². The molecule has 18 heavy (non-hydrogen) atoms. The lowest BCUT2D eigenvalue weighted by Gasteiger charge is -2.30. The third-order valence-corrected chi connectivity index (χ3v) is 5.26. The molecule has 0 aromatic carbocycles. The third-order valence-electron chi connectivity index (χ3n) is 3.43. The fraction of sp³-hybridized carbons (Fsp3) is 0.429. The molecule has 2 N–H and O–H groups in total. The molecule has 1 saturated carbocycles. The molecular formula is C14H18N2S2. The van der Waals surface area contributed by atoms with Gasteiger partial charge in [-0.15, -0.1) is 22.7 Å². The molecule has 0 amide bonds. The lowest BCUT2D eigenvalue weighted by Crippen LogP contribution is -2.34. The van der Waals surface area contributed by atoms with Crippen LogP contribution < -0.4 is 5.73 Å². The van der Waals surface area contributed by atoms with Gasteiger partial charge in [-0.05, 0) is 35.7 Å². The molecule has 2 heterocycles. The van der Waals surface area contributed by atoms with E-state index in [0.29, 0.717) is 12.6 Å². The van der Waals surface area contributed by atoms with E-state index in [9.17, 15) is 0 Å². The molecule has 1 unspecified atom stereocenters. The monoisotopic (exact) mass is 278 g/mol. The van der Waals surface area contributed by atoms with Gasteiger partial charge in [-0.1, -0.05) is 12.1 Å². The maximum Gasteiger partial charge on any atom is 0.0570 e. The number of hydrogen-bond acceptors (Lipinski definition) is 4. The predicted molar refractivity (Wildman–Crippen MR) is 79.0 cm³/mol. The quantitative estimate of drug-likeness (QED) is 0.876. The second-order valence-electron chi connectivity index (χ2n) is 4.75. The fourth-order valence-corrected chi connectivity index (χ4v) is 3.95. The second kappa shape index (κ2) is 5.53. The van der Waals surface area contributed by atoms with Crippen LogP contribution in [0.3, 0.4) is 0 Å². The van der Waals surface area contributed by atoms with Crippen molar-refractivity contribution in [2.75, 3.05) is 6.54 Å². The Hall–Kier alpha value is -0.680. The highest BCUT2D eigenvalue weighted by Gasteiger charge is 2.34. The van der Waals surface area contributed by atoms with E-state index in [4.69, 9.17) is 5.73 Å². The topological polar surface area (TPSA) is 29.3 Å². The van der Waals surface area contributed by atoms with E-state index in [1.165, 1.54) is 22.6 Å². The molecule has 2 nitrogen and oxygen atoms in total. The molecule has 0 aliphatic heterocycles. The summed E-state index contributed by atoms with van der Waals surface area (Å²) in [6.45, 7) is 1.75. The van der Waals surface area contributed by atoms with Gasteiger partial charge in [-0.2, -0.15) is 0 Å². The lowest BCUT2D eigenvalue weighted by molar-refractivity contribution is 0.186. The van der Waals surface area contributed by atoms with Crippen molar-refractivity contribution in [3.8, 4) is 0 Å². The van der Waals surface area contributed by atoms with Gasteiger partial charge in [0.2, 0.25) is 0 Å². The summed E-state index contributed by atoms with van der Waals surface area (Å²) >= 11 is 3.67. The van der Waals surface area contributed by atoms with Crippen LogP contribution in [-0.2, 0) is 6.54 Å². The second-order valence-corrected chi connectivity index (χ2v) is 6.76. The minimum absolute atomic E-state index is 0.389. The lowest BCUT2D eigenvalue weighted by atomic mass is 10.2. The Kier molecular flexibility index (Phi) is 3.80. The molecule has 1 fully saturated rings. The van der Waals surface area contributed by atoms with Gasteiger partial charge in [0, 0.05) is 28.9 Å². The number of hydrogen-bond donors (Lipinski definition) is 1. The van der Waals surface area contributed by atoms with Crippen molar-refractivity contribution >= 4 is 22.7 Å². The first-order valence-electron chi connectivity index (χ1n) is 6.40. The van der Waals surface area contributed by atoms with E-state index < -0.39 is 0 Å². The molecule has 2 aromatic heterocycles. The summed E-state index contributed by atoms with van der Waals surface area (Å²) in [6, 6.07) is 9.82. The fourth-order valence-electron chi connectivity index (χ4n) is 2.38. The van der Waals surface area contributed by atoms with Gasteiger partial charge in [0.1, 0.15) is 0 Å². The van der Waals surface area contributed by atoms with Crippen LogP contribution in [0.1, 0.15) is 28.6 Å². The average molecular weight is 278 g/mol. The van der Waals surface area contributed by atoms with Crippen LogP contribution in [0.4, 0.5) is 0 Å². The van der Waals surface area contributed by atoms with E-state index in [-0.39, 0.29) is 0 Å². The molecule has 0 radical (unpaired) electrons. The summed E-state index contributed by atoms with van der Waals surface area (Å²) in [6.07, 6.45) is 2.65. The van der Waals surface area contributed by atoms with E-state index in [2.05, 4.69) is 39.9 Å². The molecular weight excluding hydrogens is 260 g/mol. The Morgan fingerprint density at radius 3 is 2.56 bits per heavy atom. The third kappa shape index (κ3) is 2.67. The maximum atomic E-state index is 6.03. The van der Waals surface area contributed by atoms with E-state index in [1.807, 2.05) is 22.7 Å². The van der Waals surface area contributed by atoms with Crippen LogP contribution in [0.5, 0.6) is 0 Å². The summed E-state index contributed by atoms with van der Waals surface area (Å²) in [7, 11) is 0. The van der Waals surface area contributed by atoms with E-state index in [0.717, 1.165) is 12.6 Å². The van der Waals surface area contributed by atoms with Gasteiger partial charge in [0.15, 0.2) is 0 Å². The highest BCUT2D eigenvalue weighted by molar-refractivity contribution is 7.10. The van der Waals surface area contributed by atoms with E-state index in [1.54, 1.807) is 0 Å². The SMILES string of the molecule is NCC(c1cccs1)N(Cc1cccs1)C1CC1. The summed E-state index contributed by atoms with van der Waals surface area (Å²) in [5.74, 6) is 0. The Bertz CT molecular complexity index is 460. The van der Waals surface area contributed by atoms with Crippen LogP contribution in [-0.4, -0.2) is 17.5 Å². The molecule has 96 valence electrons. The zero-order valence-corrected chi connectivity index (χ0v) is 11.9. The van der Waals surface area contributed by atoms with Gasteiger partial charge in [-0.25, -0.2) is 0 Å². The van der Waals surface area contributed by atoms with Crippen LogP contribution in [0.15, 0.2) is 35.0 Å². The first-order valence-corrected chi connectivity index (χ1v) is 8.16. The summed E-state index contributed by atoms with van der Waals surface area (Å²) < 4.78 is 0. The molecule has 2 aromatic rings. The van der Waals surface area contributed by atoms with E-state index >= 15 is 0 Å². The normalized spacial score (nSPS) is 17.2. The molecule has 1 aliphatic rings. The van der Waals surface area contributed by atoms with Crippen molar-refractivity contribution in [3.63, 3.8) is 0 Å². The molecule has 0 bridgehead atoms. The van der Waals surface area contributed by atoms with Crippen LogP contribution in [0, 0.1) is 0 Å². The molecule has 0 spiro atoms. The van der Waals surface area contributed by atoms with Gasteiger partial charge in [0.05, 0.1) is 6.04 Å². The summed E-state index contributed by atoms with van der Waals surface area (Å²) in [4.78, 5) is 5.44. The molecule has 3 rings (SSSR count). The molecule has 4 heteroatoms. The zero-order chi connectivity index (χ0) is 12.4. The smallest absolute Gasteiger partial charge is 0.0570 e. The number of nitrogens with zero attached hydrogens (tertiary/aromatic N) is 1. The number of rotatable bonds is 6. The number of nitrogens with two attached hydrogens (primary N) is 1. The van der Waals surface area contributed by atoms with Crippen molar-refractivity contribution in [2.24, 2.45) is 5.73 Å². The van der Waals surface area contributed by atoms with Crippen molar-refractivity contribution < 1.29 is 0 Å². The molecule has 1 atom stereocenters. The Labute approximate surface area is 116 Å². The average Bonchev–Trinajstić information content (AvgIpc) is 2.89. The zero-order valence-electron chi connectivity index (χ0n) is 10.3. The van der Waals surface area contributed by atoms with Crippen molar-refractivity contribution in [2.45, 2.75) is 31.5 Å². The highest BCUT2D eigenvalue weighted by atomic mass is 32.1. The Balaban J connectivity index is 1.79. The van der Waals surface area contributed by atoms with Gasteiger partial charge in [0.25, 0.3) is 0 Å². The van der Waals surface area contributed by atoms with Gasteiger partial charge in [-0.3, -0.25) is 4.90 Å². The molecule has 0 saturated heterocycles. The standard InChI is InChI=1S/C14H18N2S2/c15-9-13(14-4-2-8-18-14)16(11-5-6-11)10-12-3-1-7-17-12/h1-4,7-8,11,13H,5-6,9-10,15H2. The largest absolute Gasteiger partial charge is 0.329 e. The first kappa shape index (κ1) is 12.4. The maximum absolute atomic E-state index is 6.03. The summed E-state index contributed by atoms with van der Waals surface area (Å²) in [5, 5.41) is 4.30. The highest BCUT2D eigenvalue weighted by Crippen LogP contribution is 2.37. The summed E-state index contributed by atoms with van der Waals surface area (Å²) in [5.41, 5.74) is 6.03. The van der Waals surface area contributed by atoms with Crippen LogP contribution >= 0.6 is 22.7 Å². The van der Waals surface area contributed by atoms with Gasteiger partial charge < -0.3 is 5.73 Å². The van der Waals surface area contributed by atoms with Crippen molar-refractivity contribution in [3.05, 3.63) is 44.8 Å². The minimum atomic E-state index is 0.389. The van der Waals surface area contributed by atoms with Crippen LogP contribution in [0.25, 0.3) is 0 Å². The number of thiophene rings is 2. The van der Waals surface area contributed by atoms with Crippen LogP contribution in [0.2, 0.25) is 0 Å². The van der Waals surface area contributed by atoms with Crippen molar-refractivity contribution in [1.82, 2.24) is 4.90 Å². The Morgan fingerprint density at radius 2 is 2.00 bits per heavy atom. The minimum Gasteiger partial charge on any atom is -0.329 e. The predicted octanol–water partition coefficient (Wildman–Crippen LogP) is 3.47. The van der Waals surface area contributed by atoms with Crippen molar-refractivity contribution in [1.29, 1.82) is 0 Å². The first-order chi connectivity index (χ1) is 8.88.